The van der Waals surface area contributed by atoms with Crippen molar-refractivity contribution < 1.29 is 22.7 Å². The van der Waals surface area contributed by atoms with Crippen LogP contribution in [0.3, 0.4) is 0 Å². The van der Waals surface area contributed by atoms with Crippen LogP contribution < -0.4 is 10.1 Å². The van der Waals surface area contributed by atoms with Crippen molar-refractivity contribution >= 4 is 11.6 Å². The number of alkyl halides is 3. The lowest BCUT2D eigenvalue weighted by Gasteiger charge is -2.10. The minimum Gasteiger partial charge on any atom is -0.406 e. The number of carbonyl (C=O) groups excluding carboxylic acids is 1. The average Bonchev–Trinajstić information content (AvgIpc) is 2.93. The fraction of sp³-hybridized carbons (Fsp3) is 0.188. The van der Waals surface area contributed by atoms with Crippen molar-refractivity contribution in [3.8, 4) is 5.75 Å². The van der Waals surface area contributed by atoms with Crippen LogP contribution in [-0.2, 0) is 6.54 Å². The largest absolute Gasteiger partial charge is 0.573 e. The summed E-state index contributed by atoms with van der Waals surface area (Å²) in [4.78, 5) is 12.2. The van der Waals surface area contributed by atoms with Gasteiger partial charge in [-0.25, -0.2) is 0 Å². The molecule has 0 radical (unpaired) electrons. The predicted octanol–water partition coefficient (Wildman–Crippen LogP) is 2.87. The van der Waals surface area contributed by atoms with Gasteiger partial charge in [-0.05, 0) is 36.8 Å². The standard InChI is InChI=1S/C16H13F3N4O2/c1-10-21-22-14-7-4-12(9-23(10)14)15(24)20-8-11-2-5-13(6-3-11)25-16(17,18)19/h2-7,9H,8H2,1H3,(H,20,24). The van der Waals surface area contributed by atoms with E-state index in [1.165, 1.54) is 24.3 Å². The maximum atomic E-state index is 12.2. The summed E-state index contributed by atoms with van der Waals surface area (Å²) in [7, 11) is 0. The third-order valence-electron chi connectivity index (χ3n) is 3.44. The molecule has 0 saturated carbocycles. The van der Waals surface area contributed by atoms with Crippen molar-refractivity contribution in [2.75, 3.05) is 0 Å². The van der Waals surface area contributed by atoms with Gasteiger partial charge in [0.05, 0.1) is 5.56 Å². The maximum Gasteiger partial charge on any atom is 0.573 e. The first-order valence-corrected chi connectivity index (χ1v) is 7.26. The van der Waals surface area contributed by atoms with Gasteiger partial charge in [-0.1, -0.05) is 12.1 Å². The zero-order valence-corrected chi connectivity index (χ0v) is 13.0. The van der Waals surface area contributed by atoms with Crippen LogP contribution in [0.4, 0.5) is 13.2 Å². The van der Waals surface area contributed by atoms with E-state index in [9.17, 15) is 18.0 Å². The van der Waals surface area contributed by atoms with Crippen LogP contribution >= 0.6 is 0 Å². The number of hydrogen-bond donors (Lipinski definition) is 1. The van der Waals surface area contributed by atoms with Crippen LogP contribution in [0.1, 0.15) is 21.7 Å². The highest BCUT2D eigenvalue weighted by Gasteiger charge is 2.30. The molecule has 2 heterocycles. The number of halogens is 3. The summed E-state index contributed by atoms with van der Waals surface area (Å²) >= 11 is 0. The molecule has 0 aliphatic rings. The molecular weight excluding hydrogens is 337 g/mol. The van der Waals surface area contributed by atoms with E-state index >= 15 is 0 Å². The summed E-state index contributed by atoms with van der Waals surface area (Å²) in [6.07, 6.45) is -3.10. The SMILES string of the molecule is Cc1nnc2ccc(C(=O)NCc3ccc(OC(F)(F)F)cc3)cn12. The van der Waals surface area contributed by atoms with Crippen molar-refractivity contribution in [2.24, 2.45) is 0 Å². The van der Waals surface area contributed by atoms with Gasteiger partial charge < -0.3 is 10.1 Å². The normalized spacial score (nSPS) is 11.5. The van der Waals surface area contributed by atoms with Crippen molar-refractivity contribution in [3.05, 3.63) is 59.5 Å². The molecule has 0 fully saturated rings. The molecule has 0 saturated heterocycles. The molecule has 25 heavy (non-hydrogen) atoms. The van der Waals surface area contributed by atoms with E-state index in [1.807, 2.05) is 0 Å². The molecule has 1 aromatic carbocycles. The fourth-order valence-corrected chi connectivity index (χ4v) is 2.23. The molecule has 6 nitrogen and oxygen atoms in total. The van der Waals surface area contributed by atoms with Gasteiger partial charge in [-0.15, -0.1) is 23.4 Å². The van der Waals surface area contributed by atoms with E-state index in [2.05, 4.69) is 20.3 Å². The number of rotatable bonds is 4. The summed E-state index contributed by atoms with van der Waals surface area (Å²) in [6, 6.07) is 8.60. The summed E-state index contributed by atoms with van der Waals surface area (Å²) in [5, 5.41) is 10.6. The molecule has 0 bridgehead atoms. The molecule has 0 unspecified atom stereocenters. The first-order valence-electron chi connectivity index (χ1n) is 7.26. The highest BCUT2D eigenvalue weighted by atomic mass is 19.4. The number of fused-ring (bicyclic) bond motifs is 1. The molecule has 3 aromatic rings. The monoisotopic (exact) mass is 350 g/mol. The Labute approximate surface area is 140 Å². The number of benzene rings is 1. The van der Waals surface area contributed by atoms with E-state index in [-0.39, 0.29) is 18.2 Å². The zero-order valence-electron chi connectivity index (χ0n) is 13.0. The Morgan fingerprint density at radius 1 is 1.16 bits per heavy atom. The molecule has 2 aromatic heterocycles. The maximum absolute atomic E-state index is 12.2. The quantitative estimate of drug-likeness (QED) is 0.786. The van der Waals surface area contributed by atoms with Crippen LogP contribution in [0, 0.1) is 6.92 Å². The molecule has 0 aliphatic heterocycles. The second-order valence-corrected chi connectivity index (χ2v) is 5.27. The average molecular weight is 350 g/mol. The summed E-state index contributed by atoms with van der Waals surface area (Å²) in [5.74, 6) is 0.0339. The van der Waals surface area contributed by atoms with Gasteiger partial charge in [0.1, 0.15) is 11.6 Å². The Balaban J connectivity index is 1.64. The van der Waals surface area contributed by atoms with Gasteiger partial charge >= 0.3 is 6.36 Å². The lowest BCUT2D eigenvalue weighted by atomic mass is 10.2. The molecule has 3 rings (SSSR count). The lowest BCUT2D eigenvalue weighted by molar-refractivity contribution is -0.274. The van der Waals surface area contributed by atoms with Gasteiger partial charge in [0.2, 0.25) is 0 Å². The number of carbonyl (C=O) groups is 1. The van der Waals surface area contributed by atoms with Crippen molar-refractivity contribution in [1.29, 1.82) is 0 Å². The molecule has 130 valence electrons. The molecule has 9 heteroatoms. The minimum atomic E-state index is -4.73. The van der Waals surface area contributed by atoms with Gasteiger partial charge in [-0.2, -0.15) is 0 Å². The molecule has 0 spiro atoms. The summed E-state index contributed by atoms with van der Waals surface area (Å²) < 4.78 is 41.8. The number of hydrogen-bond acceptors (Lipinski definition) is 4. The van der Waals surface area contributed by atoms with Crippen LogP contribution in [0.5, 0.6) is 5.75 Å². The highest BCUT2D eigenvalue weighted by molar-refractivity contribution is 5.94. The van der Waals surface area contributed by atoms with Crippen LogP contribution in [0.15, 0.2) is 42.6 Å². The van der Waals surface area contributed by atoms with Gasteiger partial charge in [-0.3, -0.25) is 9.20 Å². The van der Waals surface area contributed by atoms with E-state index in [1.54, 1.807) is 29.7 Å². The van der Waals surface area contributed by atoms with Crippen molar-refractivity contribution in [2.45, 2.75) is 19.8 Å². The zero-order chi connectivity index (χ0) is 18.0. The second-order valence-electron chi connectivity index (χ2n) is 5.27. The first-order chi connectivity index (χ1) is 11.8. The molecule has 0 aliphatic carbocycles. The Kier molecular flexibility index (Phi) is 4.30. The van der Waals surface area contributed by atoms with E-state index in [0.717, 1.165) is 0 Å². The molecular formula is C16H13F3N4O2. The number of amides is 1. The number of aromatic nitrogens is 3. The summed E-state index contributed by atoms with van der Waals surface area (Å²) in [5.41, 5.74) is 1.70. The topological polar surface area (TPSA) is 68.5 Å². The van der Waals surface area contributed by atoms with Gasteiger partial charge in [0, 0.05) is 12.7 Å². The lowest BCUT2D eigenvalue weighted by Crippen LogP contribution is -2.23. The van der Waals surface area contributed by atoms with E-state index in [0.29, 0.717) is 22.6 Å². The molecule has 0 atom stereocenters. The predicted molar refractivity (Wildman–Crippen MR) is 82.0 cm³/mol. The van der Waals surface area contributed by atoms with Gasteiger partial charge in [0.25, 0.3) is 5.91 Å². The number of ether oxygens (including phenoxy) is 1. The smallest absolute Gasteiger partial charge is 0.406 e. The van der Waals surface area contributed by atoms with Crippen molar-refractivity contribution in [1.82, 2.24) is 19.9 Å². The Hall–Kier alpha value is -3.10. The Morgan fingerprint density at radius 3 is 2.56 bits per heavy atom. The molecule has 1 N–H and O–H groups in total. The third kappa shape index (κ3) is 4.06. The minimum absolute atomic E-state index is 0.171. The highest BCUT2D eigenvalue weighted by Crippen LogP contribution is 2.22. The molecule has 1 amide bonds. The summed E-state index contributed by atoms with van der Waals surface area (Å²) in [6.45, 7) is 1.94. The van der Waals surface area contributed by atoms with Crippen LogP contribution in [-0.4, -0.2) is 26.9 Å². The third-order valence-corrected chi connectivity index (χ3v) is 3.44. The Morgan fingerprint density at radius 2 is 1.88 bits per heavy atom. The second kappa shape index (κ2) is 6.42. The first kappa shape index (κ1) is 16.7. The number of nitrogens with zero attached hydrogens (tertiary/aromatic N) is 3. The fourth-order valence-electron chi connectivity index (χ4n) is 2.23. The number of aryl methyl sites for hydroxylation is 1. The van der Waals surface area contributed by atoms with Gasteiger partial charge in [0.15, 0.2) is 5.65 Å². The van der Waals surface area contributed by atoms with Crippen molar-refractivity contribution in [3.63, 3.8) is 0 Å². The van der Waals surface area contributed by atoms with E-state index in [4.69, 9.17) is 0 Å². The number of nitrogens with one attached hydrogen (secondary N) is 1. The Bertz CT molecular complexity index is 904. The van der Waals surface area contributed by atoms with Crippen LogP contribution in [0.2, 0.25) is 0 Å². The number of pyridine rings is 1. The van der Waals surface area contributed by atoms with E-state index < -0.39 is 6.36 Å². The van der Waals surface area contributed by atoms with Crippen LogP contribution in [0.25, 0.3) is 5.65 Å².